The molecule has 19 heavy (non-hydrogen) atoms. The number of methoxy groups -OCH3 is 1. The van der Waals surface area contributed by atoms with E-state index in [1.807, 2.05) is 0 Å². The molecule has 8 nitrogen and oxygen atoms in total. The number of ether oxygens (including phenoxy) is 1. The lowest BCUT2D eigenvalue weighted by atomic mass is 10.3. The van der Waals surface area contributed by atoms with Gasteiger partial charge in [-0.2, -0.15) is 15.0 Å². The number of rotatable bonds is 6. The van der Waals surface area contributed by atoms with Crippen LogP contribution in [0.15, 0.2) is 0 Å². The van der Waals surface area contributed by atoms with E-state index in [1.165, 1.54) is 33.0 Å². The minimum absolute atomic E-state index is 0.235. The fourth-order valence-corrected chi connectivity index (χ4v) is 2.20. The van der Waals surface area contributed by atoms with Crippen molar-refractivity contribution in [3.05, 3.63) is 0 Å². The van der Waals surface area contributed by atoms with Crippen LogP contribution in [-0.4, -0.2) is 52.6 Å². The average molecular weight is 267 g/mol. The van der Waals surface area contributed by atoms with Gasteiger partial charge < -0.3 is 15.0 Å². The largest absolute Gasteiger partial charge is 0.467 e. The molecule has 0 bridgehead atoms. The maximum Gasteiger partial charge on any atom is 0.322 e. The Morgan fingerprint density at radius 1 is 1.26 bits per heavy atom. The number of nitrogens with one attached hydrogen (secondary N) is 2. The number of hydrogen-bond acceptors (Lipinski definition) is 8. The van der Waals surface area contributed by atoms with Crippen LogP contribution in [0, 0.1) is 0 Å². The average Bonchev–Trinajstić information content (AvgIpc) is 2.90. The molecule has 0 spiro atoms. The van der Waals surface area contributed by atoms with Crippen LogP contribution in [0.25, 0.3) is 0 Å². The van der Waals surface area contributed by atoms with E-state index in [-0.39, 0.29) is 18.0 Å². The van der Waals surface area contributed by atoms with Gasteiger partial charge in [-0.05, 0) is 32.9 Å². The highest BCUT2D eigenvalue weighted by Crippen LogP contribution is 2.12. The van der Waals surface area contributed by atoms with Gasteiger partial charge in [-0.3, -0.25) is 5.43 Å². The van der Waals surface area contributed by atoms with Gasteiger partial charge in [0.05, 0.1) is 7.11 Å². The van der Waals surface area contributed by atoms with Gasteiger partial charge in [-0.15, -0.1) is 0 Å². The Hall–Kier alpha value is -1.67. The van der Waals surface area contributed by atoms with Gasteiger partial charge >= 0.3 is 6.01 Å². The Bertz CT molecular complexity index is 386. The number of hydrogen-bond donors (Lipinski definition) is 3. The first-order valence-corrected chi connectivity index (χ1v) is 6.47. The van der Waals surface area contributed by atoms with Crippen molar-refractivity contribution in [1.29, 1.82) is 0 Å². The van der Waals surface area contributed by atoms with Crippen molar-refractivity contribution in [2.75, 3.05) is 37.5 Å². The van der Waals surface area contributed by atoms with Crippen molar-refractivity contribution in [2.45, 2.75) is 25.8 Å². The zero-order valence-electron chi connectivity index (χ0n) is 11.4. The summed E-state index contributed by atoms with van der Waals surface area (Å²) in [5, 5.41) is 3.24. The van der Waals surface area contributed by atoms with Crippen molar-refractivity contribution in [2.24, 2.45) is 5.84 Å². The topological polar surface area (TPSA) is 101 Å². The van der Waals surface area contributed by atoms with Gasteiger partial charge in [0.1, 0.15) is 0 Å². The summed E-state index contributed by atoms with van der Waals surface area (Å²) in [7, 11) is 1.51. The first-order valence-electron chi connectivity index (χ1n) is 6.47. The van der Waals surface area contributed by atoms with E-state index < -0.39 is 0 Å². The van der Waals surface area contributed by atoms with E-state index >= 15 is 0 Å². The molecule has 1 fully saturated rings. The molecule has 1 atom stereocenters. The molecule has 0 aliphatic carbocycles. The maximum absolute atomic E-state index is 5.31. The lowest BCUT2D eigenvalue weighted by molar-refractivity contribution is 0.327. The van der Waals surface area contributed by atoms with Crippen LogP contribution in [0.1, 0.15) is 19.8 Å². The number of likely N-dealkylation sites (tertiary alicyclic amines) is 1. The monoisotopic (exact) mass is 267 g/mol. The van der Waals surface area contributed by atoms with Gasteiger partial charge in [0.15, 0.2) is 0 Å². The second kappa shape index (κ2) is 6.48. The molecule has 2 heterocycles. The molecule has 106 valence electrons. The summed E-state index contributed by atoms with van der Waals surface area (Å²) in [5.41, 5.74) is 2.40. The summed E-state index contributed by atoms with van der Waals surface area (Å²) in [6, 6.07) is 0.481. The molecule has 1 aliphatic rings. The molecule has 8 heteroatoms. The van der Waals surface area contributed by atoms with Crippen LogP contribution in [-0.2, 0) is 0 Å². The minimum atomic E-state index is 0.235. The first kappa shape index (κ1) is 13.8. The van der Waals surface area contributed by atoms with Crippen LogP contribution in [0.3, 0.4) is 0 Å². The van der Waals surface area contributed by atoms with E-state index in [9.17, 15) is 0 Å². The van der Waals surface area contributed by atoms with Gasteiger partial charge in [0.2, 0.25) is 11.9 Å². The zero-order chi connectivity index (χ0) is 13.7. The number of hydrazine groups is 1. The molecule has 1 unspecified atom stereocenters. The third kappa shape index (κ3) is 3.90. The molecule has 1 aromatic heterocycles. The Labute approximate surface area is 112 Å². The Balaban J connectivity index is 1.96. The first-order chi connectivity index (χ1) is 9.21. The standard InChI is InChI=1S/C11H21N7O/c1-8(7-18-5-3-4-6-18)13-9-14-10(17-12)16-11(15-9)19-2/h8H,3-7,12H2,1-2H3,(H2,13,14,15,16,17). The fraction of sp³-hybridized carbons (Fsp3) is 0.727. The molecular formula is C11H21N7O. The Morgan fingerprint density at radius 3 is 2.58 bits per heavy atom. The highest BCUT2D eigenvalue weighted by atomic mass is 16.5. The number of nitrogens with two attached hydrogens (primary N) is 1. The maximum atomic E-state index is 5.31. The van der Waals surface area contributed by atoms with Crippen LogP contribution in [0.4, 0.5) is 11.9 Å². The molecule has 0 radical (unpaired) electrons. The number of aromatic nitrogens is 3. The van der Waals surface area contributed by atoms with Crippen LogP contribution in [0.5, 0.6) is 6.01 Å². The van der Waals surface area contributed by atoms with Gasteiger partial charge in [-0.1, -0.05) is 0 Å². The molecule has 0 aromatic carbocycles. The normalized spacial score (nSPS) is 17.2. The van der Waals surface area contributed by atoms with Crippen molar-refractivity contribution in [1.82, 2.24) is 19.9 Å². The van der Waals surface area contributed by atoms with Gasteiger partial charge in [-0.25, -0.2) is 5.84 Å². The Kier molecular flexibility index (Phi) is 4.69. The molecule has 1 aliphatic heterocycles. The zero-order valence-corrected chi connectivity index (χ0v) is 11.4. The summed E-state index contributed by atoms with van der Waals surface area (Å²) < 4.78 is 5.00. The van der Waals surface area contributed by atoms with Crippen molar-refractivity contribution in [3.63, 3.8) is 0 Å². The Morgan fingerprint density at radius 2 is 1.95 bits per heavy atom. The highest BCUT2D eigenvalue weighted by molar-refractivity contribution is 5.35. The van der Waals surface area contributed by atoms with Gasteiger partial charge in [0.25, 0.3) is 0 Å². The number of nitrogens with zero attached hydrogens (tertiary/aromatic N) is 4. The molecule has 0 saturated carbocycles. The molecular weight excluding hydrogens is 246 g/mol. The predicted molar refractivity (Wildman–Crippen MR) is 72.9 cm³/mol. The molecule has 4 N–H and O–H groups in total. The van der Waals surface area contributed by atoms with E-state index in [4.69, 9.17) is 10.6 Å². The lowest BCUT2D eigenvalue weighted by Crippen LogP contribution is -2.33. The van der Waals surface area contributed by atoms with E-state index in [0.717, 1.165) is 6.54 Å². The smallest absolute Gasteiger partial charge is 0.322 e. The van der Waals surface area contributed by atoms with Crippen LogP contribution >= 0.6 is 0 Å². The summed E-state index contributed by atoms with van der Waals surface area (Å²) >= 11 is 0. The number of anilines is 2. The molecule has 0 amide bonds. The summed E-state index contributed by atoms with van der Waals surface area (Å²) in [6.07, 6.45) is 2.57. The SMILES string of the molecule is COc1nc(NN)nc(NC(C)CN2CCCC2)n1. The van der Waals surface area contributed by atoms with Crippen molar-refractivity contribution < 1.29 is 4.74 Å². The molecule has 1 aromatic rings. The van der Waals surface area contributed by atoms with Crippen molar-refractivity contribution in [3.8, 4) is 6.01 Å². The quantitative estimate of drug-likeness (QED) is 0.491. The fourth-order valence-electron chi connectivity index (χ4n) is 2.20. The minimum Gasteiger partial charge on any atom is -0.467 e. The second-order valence-electron chi connectivity index (χ2n) is 4.67. The van der Waals surface area contributed by atoms with Crippen LogP contribution in [0.2, 0.25) is 0 Å². The summed E-state index contributed by atoms with van der Waals surface area (Å²) in [5.74, 6) is 6.06. The highest BCUT2D eigenvalue weighted by Gasteiger charge is 2.15. The lowest BCUT2D eigenvalue weighted by Gasteiger charge is -2.21. The summed E-state index contributed by atoms with van der Waals surface area (Å²) in [6.45, 7) is 5.41. The van der Waals surface area contributed by atoms with Gasteiger partial charge in [0, 0.05) is 12.6 Å². The third-order valence-electron chi connectivity index (χ3n) is 3.03. The second-order valence-corrected chi connectivity index (χ2v) is 4.67. The van der Waals surface area contributed by atoms with E-state index in [2.05, 4.69) is 37.5 Å². The van der Waals surface area contributed by atoms with E-state index in [1.54, 1.807) is 0 Å². The van der Waals surface area contributed by atoms with Crippen molar-refractivity contribution >= 4 is 11.9 Å². The molecule has 2 rings (SSSR count). The predicted octanol–water partition coefficient (Wildman–Crippen LogP) is 0.0620. The summed E-state index contributed by atoms with van der Waals surface area (Å²) in [4.78, 5) is 14.7. The van der Waals surface area contributed by atoms with Crippen LogP contribution < -0.4 is 21.3 Å². The molecule has 1 saturated heterocycles. The van der Waals surface area contributed by atoms with E-state index in [0.29, 0.717) is 5.95 Å². The third-order valence-corrected chi connectivity index (χ3v) is 3.03. The number of nitrogen functional groups attached to an aromatic ring is 1.